The summed E-state index contributed by atoms with van der Waals surface area (Å²) in [4.78, 5) is 17.7. The molecule has 21 heavy (non-hydrogen) atoms. The summed E-state index contributed by atoms with van der Waals surface area (Å²) in [5.74, 6) is 0.0839. The first-order valence-corrected chi connectivity index (χ1v) is 8.39. The molecule has 1 aliphatic rings. The first-order valence-electron chi connectivity index (χ1n) is 7.51. The average molecular weight is 312 g/mol. The number of fused-ring (bicyclic) bond motifs is 1. The number of rotatable bonds is 7. The fourth-order valence-electron chi connectivity index (χ4n) is 2.97. The van der Waals surface area contributed by atoms with Crippen molar-refractivity contribution in [1.29, 1.82) is 0 Å². The summed E-state index contributed by atoms with van der Waals surface area (Å²) in [6.07, 6.45) is 1.84. The van der Waals surface area contributed by atoms with Crippen LogP contribution in [0.1, 0.15) is 29.8 Å². The van der Waals surface area contributed by atoms with Crippen LogP contribution in [-0.4, -0.2) is 65.3 Å². The van der Waals surface area contributed by atoms with Gasteiger partial charge in [-0.05, 0) is 29.9 Å². The first-order chi connectivity index (χ1) is 10.2. The highest BCUT2D eigenvalue weighted by atomic mass is 32.1. The maximum Gasteiger partial charge on any atom is 0.237 e. The molecule has 1 aromatic rings. The third kappa shape index (κ3) is 3.83. The topological polar surface area (TPSA) is 64.0 Å². The monoisotopic (exact) mass is 312 g/mol. The Kier molecular flexibility index (Phi) is 6.17. The Hall–Kier alpha value is -0.950. The SMILES string of the molecule is CCC1c2ccsc2CCN1C(=O)CN(CCO)CCO. The smallest absolute Gasteiger partial charge is 0.237 e. The largest absolute Gasteiger partial charge is 0.395 e. The third-order valence-electron chi connectivity index (χ3n) is 3.99. The van der Waals surface area contributed by atoms with Gasteiger partial charge in [0.25, 0.3) is 0 Å². The minimum Gasteiger partial charge on any atom is -0.395 e. The number of nitrogens with zero attached hydrogens (tertiary/aromatic N) is 2. The second-order valence-electron chi connectivity index (χ2n) is 5.28. The standard InChI is InChI=1S/C15H24N2O3S/c1-2-13-12-4-10-21-14(12)3-5-17(13)15(20)11-16(6-8-18)7-9-19/h4,10,13,18-19H,2-3,5-9,11H2,1H3. The van der Waals surface area contributed by atoms with E-state index in [1.165, 1.54) is 10.4 Å². The van der Waals surface area contributed by atoms with Crippen molar-refractivity contribution >= 4 is 17.2 Å². The molecular weight excluding hydrogens is 288 g/mol. The summed E-state index contributed by atoms with van der Waals surface area (Å²) in [5.41, 5.74) is 1.29. The number of aliphatic hydroxyl groups excluding tert-OH is 2. The molecule has 1 aromatic heterocycles. The van der Waals surface area contributed by atoms with Gasteiger partial charge in [-0.1, -0.05) is 6.92 Å². The van der Waals surface area contributed by atoms with Gasteiger partial charge >= 0.3 is 0 Å². The molecular formula is C15H24N2O3S. The molecule has 0 saturated carbocycles. The van der Waals surface area contributed by atoms with Crippen molar-refractivity contribution in [1.82, 2.24) is 9.80 Å². The molecule has 0 saturated heterocycles. The molecule has 1 aliphatic heterocycles. The molecule has 6 heteroatoms. The van der Waals surface area contributed by atoms with Crippen LogP contribution in [0.2, 0.25) is 0 Å². The zero-order valence-electron chi connectivity index (χ0n) is 12.5. The minimum absolute atomic E-state index is 0.000828. The number of hydrogen-bond donors (Lipinski definition) is 2. The van der Waals surface area contributed by atoms with Crippen molar-refractivity contribution in [3.05, 3.63) is 21.9 Å². The van der Waals surface area contributed by atoms with Crippen LogP contribution in [0.25, 0.3) is 0 Å². The van der Waals surface area contributed by atoms with Gasteiger partial charge in [-0.3, -0.25) is 9.69 Å². The van der Waals surface area contributed by atoms with E-state index in [1.54, 1.807) is 16.2 Å². The van der Waals surface area contributed by atoms with Gasteiger partial charge < -0.3 is 15.1 Å². The fraction of sp³-hybridized carbons (Fsp3) is 0.667. The lowest BCUT2D eigenvalue weighted by atomic mass is 9.97. The van der Waals surface area contributed by atoms with Gasteiger partial charge in [-0.2, -0.15) is 0 Å². The summed E-state index contributed by atoms with van der Waals surface area (Å²) in [6, 6.07) is 2.30. The quantitative estimate of drug-likeness (QED) is 0.784. The number of aliphatic hydroxyl groups is 2. The lowest BCUT2D eigenvalue weighted by Gasteiger charge is -2.36. The molecule has 0 spiro atoms. The molecule has 0 radical (unpaired) electrons. The number of hydrogen-bond acceptors (Lipinski definition) is 5. The van der Waals surface area contributed by atoms with Crippen molar-refractivity contribution in [2.24, 2.45) is 0 Å². The maximum atomic E-state index is 12.6. The third-order valence-corrected chi connectivity index (χ3v) is 4.99. The van der Waals surface area contributed by atoms with E-state index in [0.29, 0.717) is 13.1 Å². The van der Waals surface area contributed by atoms with Crippen LogP contribution >= 0.6 is 11.3 Å². The van der Waals surface area contributed by atoms with Gasteiger partial charge in [-0.15, -0.1) is 11.3 Å². The van der Waals surface area contributed by atoms with E-state index in [1.807, 2.05) is 4.90 Å². The van der Waals surface area contributed by atoms with Gasteiger partial charge in [0.05, 0.1) is 25.8 Å². The fourth-order valence-corrected chi connectivity index (χ4v) is 3.90. The van der Waals surface area contributed by atoms with Crippen molar-refractivity contribution < 1.29 is 15.0 Å². The van der Waals surface area contributed by atoms with E-state index in [4.69, 9.17) is 10.2 Å². The highest BCUT2D eigenvalue weighted by molar-refractivity contribution is 7.10. The van der Waals surface area contributed by atoms with Crippen LogP contribution in [0, 0.1) is 0 Å². The second-order valence-corrected chi connectivity index (χ2v) is 6.28. The van der Waals surface area contributed by atoms with Gasteiger partial charge in [0.1, 0.15) is 0 Å². The molecule has 118 valence electrons. The number of carbonyl (C=O) groups is 1. The van der Waals surface area contributed by atoms with E-state index < -0.39 is 0 Å². The van der Waals surface area contributed by atoms with Crippen molar-refractivity contribution in [2.75, 3.05) is 39.4 Å². The predicted molar refractivity (Wildman–Crippen MR) is 83.4 cm³/mol. The molecule has 1 unspecified atom stereocenters. The Morgan fingerprint density at radius 3 is 2.76 bits per heavy atom. The van der Waals surface area contributed by atoms with Crippen LogP contribution in [-0.2, 0) is 11.2 Å². The second kappa shape index (κ2) is 7.89. The van der Waals surface area contributed by atoms with E-state index in [2.05, 4.69) is 18.4 Å². The lowest BCUT2D eigenvalue weighted by molar-refractivity contribution is -0.135. The molecule has 0 fully saturated rings. The molecule has 0 aliphatic carbocycles. The molecule has 2 N–H and O–H groups in total. The van der Waals surface area contributed by atoms with Gasteiger partial charge in [0.15, 0.2) is 0 Å². The molecule has 5 nitrogen and oxygen atoms in total. The lowest BCUT2D eigenvalue weighted by Crippen LogP contribution is -2.46. The molecule has 2 heterocycles. The van der Waals surface area contributed by atoms with Crippen LogP contribution in [0.3, 0.4) is 0 Å². The molecule has 1 amide bonds. The Morgan fingerprint density at radius 1 is 1.43 bits per heavy atom. The van der Waals surface area contributed by atoms with E-state index >= 15 is 0 Å². The number of thiophene rings is 1. The Balaban J connectivity index is 2.05. The minimum atomic E-state index is -0.000828. The van der Waals surface area contributed by atoms with E-state index in [-0.39, 0.29) is 31.7 Å². The summed E-state index contributed by atoms with van der Waals surface area (Å²) < 4.78 is 0. The molecule has 0 bridgehead atoms. The summed E-state index contributed by atoms with van der Waals surface area (Å²) in [6.45, 7) is 3.96. The van der Waals surface area contributed by atoms with Crippen molar-refractivity contribution in [3.63, 3.8) is 0 Å². The highest BCUT2D eigenvalue weighted by Crippen LogP contribution is 2.35. The predicted octanol–water partition coefficient (Wildman–Crippen LogP) is 0.870. The van der Waals surface area contributed by atoms with Crippen molar-refractivity contribution in [2.45, 2.75) is 25.8 Å². The normalized spacial score (nSPS) is 18.1. The number of amides is 1. The zero-order valence-corrected chi connectivity index (χ0v) is 13.3. The van der Waals surface area contributed by atoms with Crippen LogP contribution in [0.5, 0.6) is 0 Å². The first kappa shape index (κ1) is 16.4. The summed E-state index contributed by atoms with van der Waals surface area (Å²) >= 11 is 1.77. The van der Waals surface area contributed by atoms with E-state index in [0.717, 1.165) is 19.4 Å². The van der Waals surface area contributed by atoms with Crippen LogP contribution in [0.4, 0.5) is 0 Å². The Labute approximate surface area is 129 Å². The Morgan fingerprint density at radius 2 is 2.14 bits per heavy atom. The highest BCUT2D eigenvalue weighted by Gasteiger charge is 2.30. The molecule has 0 aromatic carbocycles. The van der Waals surface area contributed by atoms with Gasteiger partial charge in [-0.25, -0.2) is 0 Å². The van der Waals surface area contributed by atoms with Crippen molar-refractivity contribution in [3.8, 4) is 0 Å². The average Bonchev–Trinajstić information content (AvgIpc) is 2.95. The van der Waals surface area contributed by atoms with E-state index in [9.17, 15) is 4.79 Å². The molecule has 2 rings (SSSR count). The van der Waals surface area contributed by atoms with Crippen LogP contribution in [0.15, 0.2) is 11.4 Å². The summed E-state index contributed by atoms with van der Waals surface area (Å²) in [7, 11) is 0. The number of carbonyl (C=O) groups excluding carboxylic acids is 1. The maximum absolute atomic E-state index is 12.6. The van der Waals surface area contributed by atoms with Gasteiger partial charge in [0.2, 0.25) is 5.91 Å². The Bertz CT molecular complexity index is 458. The molecule has 1 atom stereocenters. The van der Waals surface area contributed by atoms with Gasteiger partial charge in [0, 0.05) is 24.5 Å². The van der Waals surface area contributed by atoms with Crippen LogP contribution < -0.4 is 0 Å². The summed E-state index contributed by atoms with van der Waals surface area (Å²) in [5, 5.41) is 20.2. The zero-order chi connectivity index (χ0) is 15.2.